The Kier molecular flexibility index (Phi) is 3.99. The van der Waals surface area contributed by atoms with Gasteiger partial charge in [0, 0.05) is 12.6 Å². The van der Waals surface area contributed by atoms with Crippen LogP contribution in [0.1, 0.15) is 11.3 Å². The summed E-state index contributed by atoms with van der Waals surface area (Å²) >= 11 is 0. The van der Waals surface area contributed by atoms with Crippen molar-refractivity contribution in [3.05, 3.63) is 53.8 Å². The van der Waals surface area contributed by atoms with E-state index in [1.165, 1.54) is 0 Å². The van der Waals surface area contributed by atoms with Crippen LogP contribution < -0.4 is 15.0 Å². The number of nitrogens with zero attached hydrogens (tertiary/aromatic N) is 2. The van der Waals surface area contributed by atoms with Gasteiger partial charge in [-0.1, -0.05) is 29.4 Å². The number of carbonyl (C=O) groups excluding carboxylic acids is 2. The molecule has 2 saturated heterocycles. The minimum atomic E-state index is -0.785. The predicted octanol–water partition coefficient (Wildman–Crippen LogP) is 1.59. The number of hydrogen-bond acceptors (Lipinski definition) is 6. The van der Waals surface area contributed by atoms with Gasteiger partial charge in [-0.25, -0.2) is 0 Å². The fourth-order valence-corrected chi connectivity index (χ4v) is 4.56. The molecule has 2 amide bonds. The third-order valence-electron chi connectivity index (χ3n) is 5.90. The van der Waals surface area contributed by atoms with Crippen LogP contribution in [0.15, 0.2) is 47.0 Å². The largest absolute Gasteiger partial charge is 0.497 e. The molecule has 29 heavy (non-hydrogen) atoms. The van der Waals surface area contributed by atoms with E-state index >= 15 is 0 Å². The Bertz CT molecular complexity index is 1020. The van der Waals surface area contributed by atoms with E-state index in [4.69, 9.17) is 14.0 Å². The lowest BCUT2D eigenvalue weighted by Gasteiger charge is -2.23. The summed E-state index contributed by atoms with van der Waals surface area (Å²) in [5, 5.41) is 6.91. The van der Waals surface area contributed by atoms with Crippen molar-refractivity contribution in [2.24, 2.45) is 11.8 Å². The molecule has 0 unspecified atom stereocenters. The molecule has 2 fully saturated rings. The number of benzene rings is 1. The smallest absolute Gasteiger partial charge is 0.235 e. The van der Waals surface area contributed by atoms with Gasteiger partial charge in [0.25, 0.3) is 0 Å². The van der Waals surface area contributed by atoms with E-state index in [1.807, 2.05) is 36.4 Å². The first-order valence-electron chi connectivity index (χ1n) is 9.53. The highest BCUT2D eigenvalue weighted by molar-refractivity contribution is 6.02. The van der Waals surface area contributed by atoms with E-state index in [2.05, 4.69) is 10.5 Å². The molecular weight excluding hydrogens is 374 g/mol. The minimum Gasteiger partial charge on any atom is -0.497 e. The van der Waals surface area contributed by atoms with E-state index < -0.39 is 23.5 Å². The van der Waals surface area contributed by atoms with Crippen molar-refractivity contribution in [2.75, 3.05) is 18.6 Å². The summed E-state index contributed by atoms with van der Waals surface area (Å²) in [6.07, 6.45) is 3.41. The molecule has 4 atom stereocenters. The van der Waals surface area contributed by atoms with Crippen molar-refractivity contribution in [1.82, 2.24) is 10.5 Å². The molecular formula is C21H21N3O5. The van der Waals surface area contributed by atoms with Gasteiger partial charge in [0.15, 0.2) is 5.82 Å². The molecule has 4 heterocycles. The maximum absolute atomic E-state index is 13.2. The molecule has 2 bridgehead atoms. The molecule has 1 N–H and O–H groups in total. The second-order valence-electron chi connectivity index (χ2n) is 7.69. The minimum absolute atomic E-state index is 0.160. The first kappa shape index (κ1) is 17.9. The zero-order valence-electron chi connectivity index (χ0n) is 16.1. The van der Waals surface area contributed by atoms with Crippen LogP contribution in [0, 0.1) is 18.8 Å². The van der Waals surface area contributed by atoms with Gasteiger partial charge < -0.3 is 19.3 Å². The third kappa shape index (κ3) is 2.74. The van der Waals surface area contributed by atoms with Gasteiger partial charge in [0.05, 0.1) is 31.6 Å². The average Bonchev–Trinajstić information content (AvgIpc) is 3.47. The molecule has 150 valence electrons. The van der Waals surface area contributed by atoms with Crippen LogP contribution in [0.3, 0.4) is 0 Å². The molecule has 0 aliphatic carbocycles. The Morgan fingerprint density at radius 2 is 2.28 bits per heavy atom. The number of methoxy groups -OCH3 is 1. The van der Waals surface area contributed by atoms with E-state index in [0.29, 0.717) is 24.7 Å². The summed E-state index contributed by atoms with van der Waals surface area (Å²) in [4.78, 5) is 27.8. The Balaban J connectivity index is 1.35. The molecule has 2 aromatic rings. The van der Waals surface area contributed by atoms with Crippen LogP contribution in [0.25, 0.3) is 0 Å². The molecule has 0 radical (unpaired) electrons. The summed E-state index contributed by atoms with van der Waals surface area (Å²) < 4.78 is 16.5. The predicted molar refractivity (Wildman–Crippen MR) is 102 cm³/mol. The molecule has 8 heteroatoms. The molecule has 8 nitrogen and oxygen atoms in total. The summed E-state index contributed by atoms with van der Waals surface area (Å²) in [5.74, 6) is 0.303. The number of aryl methyl sites for hydroxylation is 1. The Morgan fingerprint density at radius 3 is 3.03 bits per heavy atom. The lowest BCUT2D eigenvalue weighted by molar-refractivity contribution is -0.132. The molecule has 1 aromatic heterocycles. The van der Waals surface area contributed by atoms with E-state index in [1.54, 1.807) is 25.0 Å². The van der Waals surface area contributed by atoms with Crippen molar-refractivity contribution in [3.63, 3.8) is 0 Å². The number of anilines is 1. The zero-order valence-corrected chi connectivity index (χ0v) is 16.1. The maximum atomic E-state index is 13.2. The van der Waals surface area contributed by atoms with Gasteiger partial charge in [-0.05, 0) is 24.6 Å². The number of amides is 2. The van der Waals surface area contributed by atoms with Crippen LogP contribution >= 0.6 is 0 Å². The van der Waals surface area contributed by atoms with Gasteiger partial charge in [0.2, 0.25) is 11.8 Å². The van der Waals surface area contributed by atoms with Gasteiger partial charge in [-0.15, -0.1) is 0 Å². The molecule has 1 spiro atoms. The van der Waals surface area contributed by atoms with Crippen molar-refractivity contribution >= 4 is 17.6 Å². The van der Waals surface area contributed by atoms with E-state index in [9.17, 15) is 9.59 Å². The number of ether oxygens (including phenoxy) is 2. The second kappa shape index (κ2) is 6.45. The summed E-state index contributed by atoms with van der Waals surface area (Å²) in [6.45, 7) is 2.45. The Morgan fingerprint density at radius 1 is 1.41 bits per heavy atom. The monoisotopic (exact) mass is 395 g/mol. The summed E-state index contributed by atoms with van der Waals surface area (Å²) in [5.41, 5.74) is 0.136. The Hall–Kier alpha value is -3.13. The lowest BCUT2D eigenvalue weighted by Crippen LogP contribution is -2.44. The van der Waals surface area contributed by atoms with Gasteiger partial charge in [-0.2, -0.15) is 0 Å². The maximum Gasteiger partial charge on any atom is 0.235 e. The number of carbonyl (C=O) groups is 2. The normalized spacial score (nSPS) is 29.4. The lowest BCUT2D eigenvalue weighted by atomic mass is 9.77. The standard InChI is InChI=1S/C21H21N3O5/c1-12-8-16(23-29-12)24-11-21-7-6-15(28-21)17(18(21)20(24)26)19(25)22-10-13-4-3-5-14(9-13)27-2/h3-9,15,17-18H,10-11H2,1-2H3,(H,22,25)/t15-,17+,18-,21+/m1/s1. The van der Waals surface area contributed by atoms with Crippen molar-refractivity contribution in [1.29, 1.82) is 0 Å². The highest BCUT2D eigenvalue weighted by Gasteiger charge is 2.67. The van der Waals surface area contributed by atoms with Crippen molar-refractivity contribution in [3.8, 4) is 5.75 Å². The zero-order chi connectivity index (χ0) is 20.2. The first-order chi connectivity index (χ1) is 14.0. The van der Waals surface area contributed by atoms with Gasteiger partial charge >= 0.3 is 0 Å². The van der Waals surface area contributed by atoms with Crippen molar-refractivity contribution in [2.45, 2.75) is 25.2 Å². The van der Waals surface area contributed by atoms with Crippen LogP contribution in [-0.4, -0.2) is 42.3 Å². The fourth-order valence-electron chi connectivity index (χ4n) is 4.56. The topological polar surface area (TPSA) is 93.9 Å². The van der Waals surface area contributed by atoms with E-state index in [-0.39, 0.29) is 11.8 Å². The second-order valence-corrected chi connectivity index (χ2v) is 7.69. The molecule has 5 rings (SSSR count). The number of rotatable bonds is 5. The number of nitrogens with one attached hydrogen (secondary N) is 1. The van der Waals surface area contributed by atoms with E-state index in [0.717, 1.165) is 11.3 Å². The molecule has 0 saturated carbocycles. The quantitative estimate of drug-likeness (QED) is 0.773. The summed E-state index contributed by atoms with van der Waals surface area (Å²) in [7, 11) is 1.60. The Labute approximate surface area is 167 Å². The summed E-state index contributed by atoms with van der Waals surface area (Å²) in [6, 6.07) is 9.22. The van der Waals surface area contributed by atoms with Crippen LogP contribution in [-0.2, 0) is 20.9 Å². The highest BCUT2D eigenvalue weighted by Crippen LogP contribution is 2.52. The fraction of sp³-hybridized carbons (Fsp3) is 0.381. The SMILES string of the molecule is COc1cccc(CNC(=O)[C@H]2[C@H]3C=C[C@@]4(CN(c5cc(C)on5)C(=O)[C@@H]24)O3)c1. The number of fused-ring (bicyclic) bond motifs is 1. The van der Waals surface area contributed by atoms with Crippen LogP contribution in [0.2, 0.25) is 0 Å². The van der Waals surface area contributed by atoms with Gasteiger partial charge in [0.1, 0.15) is 17.1 Å². The van der Waals surface area contributed by atoms with Crippen molar-refractivity contribution < 1.29 is 23.6 Å². The third-order valence-corrected chi connectivity index (χ3v) is 5.90. The first-order valence-corrected chi connectivity index (χ1v) is 9.53. The van der Waals surface area contributed by atoms with Gasteiger partial charge in [-0.3, -0.25) is 14.5 Å². The molecule has 3 aliphatic heterocycles. The average molecular weight is 395 g/mol. The van der Waals surface area contributed by atoms with Crippen LogP contribution in [0.5, 0.6) is 5.75 Å². The highest BCUT2D eigenvalue weighted by atomic mass is 16.5. The molecule has 3 aliphatic rings. The molecule has 1 aromatic carbocycles. The van der Waals surface area contributed by atoms with Crippen LogP contribution in [0.4, 0.5) is 5.82 Å². The number of hydrogen-bond donors (Lipinski definition) is 1. The number of aromatic nitrogens is 1.